The van der Waals surface area contributed by atoms with Crippen LogP contribution in [0, 0.1) is 0 Å². The summed E-state index contributed by atoms with van der Waals surface area (Å²) in [5.74, 6) is 1.97. The predicted octanol–water partition coefficient (Wildman–Crippen LogP) is 2.89. The molecular weight excluding hydrogens is 406 g/mol. The molecule has 29 heavy (non-hydrogen) atoms. The van der Waals surface area contributed by atoms with E-state index in [1.54, 1.807) is 17.7 Å². The Hall–Kier alpha value is -1.90. The van der Waals surface area contributed by atoms with Crippen molar-refractivity contribution in [3.8, 4) is 0 Å². The molecule has 2 aromatic heterocycles. The van der Waals surface area contributed by atoms with E-state index < -0.39 is 0 Å². The number of thiophene rings is 1. The normalized spacial score (nSPS) is 15.7. The maximum absolute atomic E-state index is 6.06. The molecule has 3 rings (SSSR count). The second-order valence-electron chi connectivity index (χ2n) is 7.29. The summed E-state index contributed by atoms with van der Waals surface area (Å²) in [6, 6.07) is 4.10. The number of aromatic nitrogens is 3. The SMILES string of the molecule is C=C(C)CN=C(NCCn1cnnc1CC)N1CCN(Cc2ccc(Cl)s2)CC1. The van der Waals surface area contributed by atoms with Crippen LogP contribution in [0.5, 0.6) is 0 Å². The van der Waals surface area contributed by atoms with Crippen LogP contribution < -0.4 is 5.32 Å². The summed E-state index contributed by atoms with van der Waals surface area (Å²) >= 11 is 7.72. The van der Waals surface area contributed by atoms with Crippen molar-refractivity contribution in [2.75, 3.05) is 39.3 Å². The molecule has 0 amide bonds. The van der Waals surface area contributed by atoms with Gasteiger partial charge in [-0.15, -0.1) is 21.5 Å². The van der Waals surface area contributed by atoms with Crippen LogP contribution in [0.15, 0.2) is 35.6 Å². The van der Waals surface area contributed by atoms with Gasteiger partial charge in [-0.25, -0.2) is 4.99 Å². The third-order valence-electron chi connectivity index (χ3n) is 4.83. The van der Waals surface area contributed by atoms with Gasteiger partial charge < -0.3 is 14.8 Å². The molecule has 158 valence electrons. The minimum Gasteiger partial charge on any atom is -0.354 e. The van der Waals surface area contributed by atoms with Crippen LogP contribution >= 0.6 is 22.9 Å². The molecule has 9 heteroatoms. The zero-order chi connectivity index (χ0) is 20.6. The lowest BCUT2D eigenvalue weighted by Crippen LogP contribution is -2.52. The summed E-state index contributed by atoms with van der Waals surface area (Å²) < 4.78 is 2.95. The van der Waals surface area contributed by atoms with Crippen LogP contribution in [0.1, 0.15) is 24.5 Å². The lowest BCUT2D eigenvalue weighted by atomic mass is 10.3. The number of nitrogens with zero attached hydrogens (tertiary/aromatic N) is 6. The van der Waals surface area contributed by atoms with Crippen molar-refractivity contribution in [2.45, 2.75) is 33.4 Å². The molecule has 2 aromatic rings. The van der Waals surface area contributed by atoms with Crippen LogP contribution in [0.4, 0.5) is 0 Å². The minimum absolute atomic E-state index is 0.642. The molecule has 1 aliphatic heterocycles. The molecule has 3 heterocycles. The van der Waals surface area contributed by atoms with Crippen LogP contribution in [0.3, 0.4) is 0 Å². The number of rotatable bonds is 8. The topological polar surface area (TPSA) is 61.6 Å². The van der Waals surface area contributed by atoms with Gasteiger partial charge in [-0.2, -0.15) is 0 Å². The van der Waals surface area contributed by atoms with Gasteiger partial charge in [-0.1, -0.05) is 30.7 Å². The zero-order valence-electron chi connectivity index (χ0n) is 17.3. The first-order valence-corrected chi connectivity index (χ1v) is 11.3. The second-order valence-corrected chi connectivity index (χ2v) is 9.09. The Morgan fingerprint density at radius 1 is 1.31 bits per heavy atom. The number of aryl methyl sites for hydroxylation is 1. The van der Waals surface area contributed by atoms with E-state index in [2.05, 4.69) is 49.5 Å². The molecule has 7 nitrogen and oxygen atoms in total. The van der Waals surface area contributed by atoms with Gasteiger partial charge in [0.2, 0.25) is 0 Å². The summed E-state index contributed by atoms with van der Waals surface area (Å²) in [5.41, 5.74) is 1.06. The lowest BCUT2D eigenvalue weighted by molar-refractivity contribution is 0.173. The maximum atomic E-state index is 6.06. The summed E-state index contributed by atoms with van der Waals surface area (Å²) in [5, 5.41) is 11.7. The van der Waals surface area contributed by atoms with Gasteiger partial charge in [0.1, 0.15) is 12.2 Å². The van der Waals surface area contributed by atoms with E-state index in [-0.39, 0.29) is 0 Å². The average molecular weight is 436 g/mol. The Kier molecular flexibility index (Phi) is 8.09. The van der Waals surface area contributed by atoms with Crippen molar-refractivity contribution in [1.82, 2.24) is 29.9 Å². The number of aliphatic imine (C=N–C) groups is 1. The fourth-order valence-corrected chi connectivity index (χ4v) is 4.41. The molecule has 0 spiro atoms. The summed E-state index contributed by atoms with van der Waals surface area (Å²) in [6.45, 7) is 15.2. The van der Waals surface area contributed by atoms with Gasteiger partial charge in [0, 0.05) is 57.1 Å². The van der Waals surface area contributed by atoms with Gasteiger partial charge >= 0.3 is 0 Å². The van der Waals surface area contributed by atoms with Crippen LogP contribution in [0.2, 0.25) is 4.34 Å². The van der Waals surface area contributed by atoms with Crippen LogP contribution in [-0.2, 0) is 19.5 Å². The number of guanidine groups is 1. The molecule has 1 aliphatic rings. The first kappa shape index (κ1) is 21.8. The summed E-state index contributed by atoms with van der Waals surface area (Å²) in [4.78, 5) is 10.9. The molecule has 0 aliphatic carbocycles. The number of nitrogens with one attached hydrogen (secondary N) is 1. The second kappa shape index (κ2) is 10.8. The van der Waals surface area contributed by atoms with E-state index >= 15 is 0 Å². The maximum Gasteiger partial charge on any atom is 0.194 e. The lowest BCUT2D eigenvalue weighted by Gasteiger charge is -2.36. The van der Waals surface area contributed by atoms with E-state index in [9.17, 15) is 0 Å². The minimum atomic E-state index is 0.642. The number of hydrogen-bond donors (Lipinski definition) is 1. The van der Waals surface area contributed by atoms with Crippen molar-refractivity contribution in [3.63, 3.8) is 0 Å². The van der Waals surface area contributed by atoms with E-state index in [1.807, 2.05) is 13.0 Å². The number of piperazine rings is 1. The smallest absolute Gasteiger partial charge is 0.194 e. The fraction of sp³-hybridized carbons (Fsp3) is 0.550. The van der Waals surface area contributed by atoms with E-state index in [4.69, 9.17) is 16.6 Å². The van der Waals surface area contributed by atoms with Gasteiger partial charge in [0.15, 0.2) is 5.96 Å². The predicted molar refractivity (Wildman–Crippen MR) is 121 cm³/mol. The molecule has 1 saturated heterocycles. The van der Waals surface area contributed by atoms with Crippen molar-refractivity contribution >= 4 is 28.9 Å². The Morgan fingerprint density at radius 2 is 2.10 bits per heavy atom. The molecule has 0 saturated carbocycles. The zero-order valence-corrected chi connectivity index (χ0v) is 18.8. The van der Waals surface area contributed by atoms with E-state index in [0.717, 1.165) is 73.9 Å². The first-order chi connectivity index (χ1) is 14.0. The summed E-state index contributed by atoms with van der Waals surface area (Å²) in [7, 11) is 0. The number of hydrogen-bond acceptors (Lipinski definition) is 5. The Bertz CT molecular complexity index is 820. The van der Waals surface area contributed by atoms with E-state index in [0.29, 0.717) is 6.54 Å². The Balaban J connectivity index is 1.53. The molecule has 0 radical (unpaired) electrons. The molecule has 1 fully saturated rings. The third kappa shape index (κ3) is 6.55. The largest absolute Gasteiger partial charge is 0.354 e. The van der Waals surface area contributed by atoms with Crippen LogP contribution in [0.25, 0.3) is 0 Å². The van der Waals surface area contributed by atoms with Crippen molar-refractivity contribution in [2.24, 2.45) is 4.99 Å². The summed E-state index contributed by atoms with van der Waals surface area (Å²) in [6.07, 6.45) is 2.68. The standard InChI is InChI=1S/C20H30ClN7S/c1-4-19-25-24-15-28(19)8-7-22-20(23-13-16(2)3)27-11-9-26(10-12-27)14-17-5-6-18(21)29-17/h5-6,15H,2,4,7-14H2,1,3H3,(H,22,23). The highest BCUT2D eigenvalue weighted by Gasteiger charge is 2.20. The quantitative estimate of drug-likeness (QED) is 0.392. The molecular formula is C20H30ClN7S. The number of halogens is 1. The van der Waals surface area contributed by atoms with Crippen molar-refractivity contribution in [3.05, 3.63) is 45.6 Å². The fourth-order valence-electron chi connectivity index (χ4n) is 3.28. The first-order valence-electron chi connectivity index (χ1n) is 10.1. The molecule has 0 atom stereocenters. The Labute approximate surface area is 182 Å². The molecule has 0 bridgehead atoms. The van der Waals surface area contributed by atoms with Gasteiger partial charge in [-0.3, -0.25) is 4.90 Å². The van der Waals surface area contributed by atoms with Crippen molar-refractivity contribution in [1.29, 1.82) is 0 Å². The highest BCUT2D eigenvalue weighted by molar-refractivity contribution is 7.16. The molecule has 0 aromatic carbocycles. The van der Waals surface area contributed by atoms with Gasteiger partial charge in [0.25, 0.3) is 0 Å². The molecule has 1 N–H and O–H groups in total. The average Bonchev–Trinajstić information content (AvgIpc) is 3.33. The molecule has 0 unspecified atom stereocenters. The Morgan fingerprint density at radius 3 is 2.76 bits per heavy atom. The highest BCUT2D eigenvalue weighted by Crippen LogP contribution is 2.23. The van der Waals surface area contributed by atoms with Crippen LogP contribution in [-0.4, -0.2) is 69.8 Å². The van der Waals surface area contributed by atoms with Gasteiger partial charge in [0.05, 0.1) is 10.9 Å². The van der Waals surface area contributed by atoms with Gasteiger partial charge in [-0.05, 0) is 19.1 Å². The van der Waals surface area contributed by atoms with Crippen molar-refractivity contribution < 1.29 is 0 Å². The monoisotopic (exact) mass is 435 g/mol. The highest BCUT2D eigenvalue weighted by atomic mass is 35.5. The third-order valence-corrected chi connectivity index (χ3v) is 6.04. The van der Waals surface area contributed by atoms with E-state index in [1.165, 1.54) is 4.88 Å².